The van der Waals surface area contributed by atoms with Crippen LogP contribution >= 0.6 is 0 Å². The van der Waals surface area contributed by atoms with E-state index >= 15 is 0 Å². The van der Waals surface area contributed by atoms with Crippen LogP contribution in [0.25, 0.3) is 0 Å². The molecule has 1 rings (SSSR count). The van der Waals surface area contributed by atoms with E-state index < -0.39 is 0 Å². The molecule has 1 aromatic carbocycles. The summed E-state index contributed by atoms with van der Waals surface area (Å²) < 4.78 is 0. The summed E-state index contributed by atoms with van der Waals surface area (Å²) in [5, 5.41) is 20.7. The number of aromatic hydroxyl groups is 2. The highest BCUT2D eigenvalue weighted by Crippen LogP contribution is 2.36. The van der Waals surface area contributed by atoms with Crippen LogP contribution in [0.2, 0.25) is 0 Å². The fourth-order valence-corrected chi connectivity index (χ4v) is 3.05. The van der Waals surface area contributed by atoms with E-state index in [1.807, 2.05) is 12.1 Å². The van der Waals surface area contributed by atoms with E-state index in [-0.39, 0.29) is 11.5 Å². The minimum Gasteiger partial charge on any atom is -0.507 e. The Labute approximate surface area is 142 Å². The van der Waals surface area contributed by atoms with Crippen molar-refractivity contribution < 1.29 is 10.2 Å². The van der Waals surface area contributed by atoms with Gasteiger partial charge < -0.3 is 10.2 Å². The Morgan fingerprint density at radius 3 is 2.00 bits per heavy atom. The maximum Gasteiger partial charge on any atom is 0.124 e. The molecule has 0 aromatic heterocycles. The van der Waals surface area contributed by atoms with Crippen molar-refractivity contribution >= 4 is 0 Å². The Hall–Kier alpha value is -1.22. The molecule has 0 aliphatic carbocycles. The van der Waals surface area contributed by atoms with Crippen molar-refractivity contribution in [1.29, 1.82) is 0 Å². The normalized spacial score (nSPS) is 14.2. The first kappa shape index (κ1) is 19.8. The summed E-state index contributed by atoms with van der Waals surface area (Å²) in [7, 11) is 0. The van der Waals surface area contributed by atoms with E-state index in [0.717, 1.165) is 18.7 Å². The highest BCUT2D eigenvalue weighted by atomic mass is 16.3. The van der Waals surface area contributed by atoms with Gasteiger partial charge in [0.2, 0.25) is 0 Å². The predicted octanol–water partition coefficient (Wildman–Crippen LogP) is 5.26. The van der Waals surface area contributed by atoms with Crippen molar-refractivity contribution in [3.63, 3.8) is 0 Å². The molecule has 3 nitrogen and oxygen atoms in total. The van der Waals surface area contributed by atoms with Crippen LogP contribution in [0.3, 0.4) is 0 Å². The fourth-order valence-electron chi connectivity index (χ4n) is 3.05. The lowest BCUT2D eigenvalue weighted by molar-refractivity contribution is 0.285. The topological polar surface area (TPSA) is 43.7 Å². The molecule has 0 aliphatic heterocycles. The average molecular weight is 322 g/mol. The molecule has 0 saturated carbocycles. The van der Waals surface area contributed by atoms with E-state index in [2.05, 4.69) is 39.5 Å². The van der Waals surface area contributed by atoms with Gasteiger partial charge in [0, 0.05) is 12.1 Å². The molecule has 0 heterocycles. The summed E-state index contributed by atoms with van der Waals surface area (Å²) in [5.41, 5.74) is 1.68. The highest BCUT2D eigenvalue weighted by Gasteiger charge is 2.19. The van der Waals surface area contributed by atoms with Gasteiger partial charge in [-0.15, -0.1) is 0 Å². The van der Waals surface area contributed by atoms with Crippen LogP contribution in [-0.2, 0) is 6.54 Å². The Balaban J connectivity index is 2.86. The van der Waals surface area contributed by atoms with E-state index in [1.54, 1.807) is 0 Å². The van der Waals surface area contributed by atoms with Gasteiger partial charge >= 0.3 is 0 Å². The Morgan fingerprint density at radius 2 is 1.52 bits per heavy atom. The zero-order valence-corrected chi connectivity index (χ0v) is 15.6. The van der Waals surface area contributed by atoms with E-state index in [1.165, 1.54) is 25.7 Å². The van der Waals surface area contributed by atoms with Crippen LogP contribution in [0.1, 0.15) is 77.3 Å². The second-order valence-electron chi connectivity index (χ2n) is 6.76. The summed E-state index contributed by atoms with van der Waals surface area (Å²) in [5.74, 6) is 1.33. The van der Waals surface area contributed by atoms with Crippen LogP contribution < -0.4 is 0 Å². The molecule has 23 heavy (non-hydrogen) atoms. The molecule has 1 aromatic rings. The van der Waals surface area contributed by atoms with Crippen molar-refractivity contribution in [1.82, 2.24) is 4.90 Å². The number of rotatable bonds is 10. The molecule has 132 valence electrons. The molecule has 0 radical (unpaired) electrons. The largest absolute Gasteiger partial charge is 0.507 e. The standard InChI is InChI=1S/C20H35NO2/c1-6-9-10-11-15(4)16(5)17-12-19(22)18(20(23)13-17)14-21(7-2)8-3/h12-13,15-16,22-23H,6-11,14H2,1-5H3. The van der Waals surface area contributed by atoms with E-state index in [9.17, 15) is 10.2 Å². The smallest absolute Gasteiger partial charge is 0.124 e. The summed E-state index contributed by atoms with van der Waals surface area (Å²) in [6.45, 7) is 13.2. The number of hydrogen-bond donors (Lipinski definition) is 2. The summed E-state index contributed by atoms with van der Waals surface area (Å²) >= 11 is 0. The third-order valence-corrected chi connectivity index (χ3v) is 5.14. The molecular weight excluding hydrogens is 286 g/mol. The van der Waals surface area contributed by atoms with Crippen molar-refractivity contribution in [3.8, 4) is 11.5 Å². The van der Waals surface area contributed by atoms with Gasteiger partial charge in [0.1, 0.15) is 11.5 Å². The summed E-state index contributed by atoms with van der Waals surface area (Å²) in [6, 6.07) is 3.69. The average Bonchev–Trinajstić information content (AvgIpc) is 2.53. The third-order valence-electron chi connectivity index (χ3n) is 5.14. The lowest BCUT2D eigenvalue weighted by Gasteiger charge is -2.23. The van der Waals surface area contributed by atoms with Gasteiger partial charge in [0.25, 0.3) is 0 Å². The second kappa shape index (κ2) is 9.82. The molecule has 2 N–H and O–H groups in total. The number of unbranched alkanes of at least 4 members (excludes halogenated alkanes) is 2. The minimum atomic E-state index is 0.222. The van der Waals surface area contributed by atoms with Crippen LogP contribution in [0, 0.1) is 5.92 Å². The van der Waals surface area contributed by atoms with Gasteiger partial charge in [-0.05, 0) is 42.6 Å². The molecule has 0 saturated heterocycles. The second-order valence-corrected chi connectivity index (χ2v) is 6.76. The van der Waals surface area contributed by atoms with E-state index in [0.29, 0.717) is 23.9 Å². The number of phenolic OH excluding ortho intramolecular Hbond substituents is 2. The Kier molecular flexibility index (Phi) is 8.46. The Morgan fingerprint density at radius 1 is 0.957 bits per heavy atom. The first-order valence-electron chi connectivity index (χ1n) is 9.21. The third kappa shape index (κ3) is 5.72. The zero-order chi connectivity index (χ0) is 17.4. The maximum absolute atomic E-state index is 10.4. The highest BCUT2D eigenvalue weighted by molar-refractivity contribution is 5.47. The number of phenols is 2. The van der Waals surface area contributed by atoms with Gasteiger partial charge in [-0.25, -0.2) is 0 Å². The fraction of sp³-hybridized carbons (Fsp3) is 0.700. The van der Waals surface area contributed by atoms with Gasteiger partial charge in [0.05, 0.1) is 0 Å². The number of nitrogens with zero attached hydrogens (tertiary/aromatic N) is 1. The van der Waals surface area contributed by atoms with Crippen LogP contribution in [-0.4, -0.2) is 28.2 Å². The monoisotopic (exact) mass is 321 g/mol. The molecule has 0 amide bonds. The molecule has 0 aliphatic rings. The lowest BCUT2D eigenvalue weighted by Crippen LogP contribution is -2.22. The summed E-state index contributed by atoms with van der Waals surface area (Å²) in [6.07, 6.45) is 4.96. The van der Waals surface area contributed by atoms with Gasteiger partial charge in [-0.2, -0.15) is 0 Å². The van der Waals surface area contributed by atoms with Gasteiger partial charge in [-0.1, -0.05) is 60.3 Å². The molecule has 0 fully saturated rings. The van der Waals surface area contributed by atoms with Crippen LogP contribution in [0.15, 0.2) is 12.1 Å². The van der Waals surface area contributed by atoms with Crippen molar-refractivity contribution in [2.45, 2.75) is 72.8 Å². The quantitative estimate of drug-likeness (QED) is 0.578. The SMILES string of the molecule is CCCCCC(C)C(C)c1cc(O)c(CN(CC)CC)c(O)c1. The van der Waals surface area contributed by atoms with Crippen LogP contribution in [0.4, 0.5) is 0 Å². The molecule has 0 bridgehead atoms. The van der Waals surface area contributed by atoms with Crippen LogP contribution in [0.5, 0.6) is 11.5 Å². The molecular formula is C20H35NO2. The first-order chi connectivity index (χ1) is 10.9. The van der Waals surface area contributed by atoms with Crippen molar-refractivity contribution in [3.05, 3.63) is 23.3 Å². The lowest BCUT2D eigenvalue weighted by atomic mass is 9.85. The first-order valence-corrected chi connectivity index (χ1v) is 9.21. The number of benzene rings is 1. The maximum atomic E-state index is 10.4. The molecule has 3 heteroatoms. The van der Waals surface area contributed by atoms with Gasteiger partial charge in [0.15, 0.2) is 0 Å². The molecule has 2 atom stereocenters. The van der Waals surface area contributed by atoms with Gasteiger partial charge in [-0.3, -0.25) is 4.90 Å². The van der Waals surface area contributed by atoms with Crippen molar-refractivity contribution in [2.24, 2.45) is 5.92 Å². The Bertz CT molecular complexity index is 446. The minimum absolute atomic E-state index is 0.222. The number of hydrogen-bond acceptors (Lipinski definition) is 3. The zero-order valence-electron chi connectivity index (χ0n) is 15.6. The summed E-state index contributed by atoms with van der Waals surface area (Å²) in [4.78, 5) is 2.19. The predicted molar refractivity (Wildman–Crippen MR) is 98.1 cm³/mol. The molecule has 0 spiro atoms. The van der Waals surface area contributed by atoms with Crippen molar-refractivity contribution in [2.75, 3.05) is 13.1 Å². The molecule has 2 unspecified atom stereocenters. The van der Waals surface area contributed by atoms with E-state index in [4.69, 9.17) is 0 Å².